The zero-order chi connectivity index (χ0) is 21.3. The van der Waals surface area contributed by atoms with Gasteiger partial charge in [-0.2, -0.15) is 9.94 Å². The Balaban J connectivity index is 1.98. The molecule has 2 aromatic heterocycles. The summed E-state index contributed by atoms with van der Waals surface area (Å²) in [4.78, 5) is 37.2. The molecule has 10 nitrogen and oxygen atoms in total. The van der Waals surface area contributed by atoms with Crippen LogP contribution >= 0.6 is 0 Å². The predicted octanol–water partition coefficient (Wildman–Crippen LogP) is 1.10. The summed E-state index contributed by atoms with van der Waals surface area (Å²) in [5.41, 5.74) is -2.89. The molecule has 0 spiro atoms. The van der Waals surface area contributed by atoms with Crippen LogP contribution in [0.15, 0.2) is 38.6 Å². The van der Waals surface area contributed by atoms with Crippen molar-refractivity contribution in [1.29, 1.82) is 5.26 Å². The summed E-state index contributed by atoms with van der Waals surface area (Å²) >= 11 is 0. The van der Waals surface area contributed by atoms with Gasteiger partial charge in [-0.05, 0) is 17.5 Å². The first kappa shape index (κ1) is 19.7. The lowest BCUT2D eigenvalue weighted by atomic mass is 9.88. The molecular weight excluding hydrogens is 383 g/mol. The van der Waals surface area contributed by atoms with Crippen LogP contribution in [0.5, 0.6) is 11.6 Å². The summed E-state index contributed by atoms with van der Waals surface area (Å²) in [6.45, 7) is 5.50. The molecule has 0 fully saturated rings. The highest BCUT2D eigenvalue weighted by atomic mass is 19.1. The normalized spacial score (nSPS) is 11.1. The molecule has 0 unspecified atom stereocenters. The molecule has 0 amide bonds. The molecule has 0 aliphatic carbocycles. The van der Waals surface area contributed by atoms with Crippen molar-refractivity contribution >= 4 is 0 Å². The van der Waals surface area contributed by atoms with Crippen molar-refractivity contribution in [1.82, 2.24) is 25.0 Å². The standard InChI is InChI=1S/C18H15FN6O4/c1-18(2,3)10-7-14(22-23-15(10)26)29-13-5-4-9(6-11(13)19)25-17(28)21-16(27)12(8-20)24-25/h4-7H,1-3H3,(H,23,26)(H,21,27,28). The third kappa shape index (κ3) is 3.96. The average Bonchev–Trinajstić information content (AvgIpc) is 2.64. The first-order valence-electron chi connectivity index (χ1n) is 8.32. The Labute approximate surface area is 162 Å². The van der Waals surface area contributed by atoms with Crippen molar-refractivity contribution in [2.24, 2.45) is 0 Å². The average molecular weight is 398 g/mol. The first-order valence-corrected chi connectivity index (χ1v) is 8.32. The van der Waals surface area contributed by atoms with Crippen LogP contribution in [-0.2, 0) is 5.41 Å². The van der Waals surface area contributed by atoms with Crippen molar-refractivity contribution < 1.29 is 9.13 Å². The fourth-order valence-electron chi connectivity index (χ4n) is 2.46. The lowest BCUT2D eigenvalue weighted by molar-refractivity contribution is 0.417. The molecule has 0 saturated carbocycles. The number of ether oxygens (including phenoxy) is 1. The number of benzene rings is 1. The summed E-state index contributed by atoms with van der Waals surface area (Å²) in [7, 11) is 0. The molecule has 2 heterocycles. The van der Waals surface area contributed by atoms with E-state index >= 15 is 0 Å². The van der Waals surface area contributed by atoms with Crippen LogP contribution in [0.2, 0.25) is 0 Å². The quantitative estimate of drug-likeness (QED) is 0.671. The molecule has 0 aliphatic rings. The Morgan fingerprint density at radius 2 is 1.90 bits per heavy atom. The number of nitrogens with one attached hydrogen (secondary N) is 2. The number of nitriles is 1. The zero-order valence-corrected chi connectivity index (χ0v) is 15.6. The summed E-state index contributed by atoms with van der Waals surface area (Å²) in [5.74, 6) is -1.09. The second-order valence-electron chi connectivity index (χ2n) is 7.05. The molecule has 1 aromatic carbocycles. The van der Waals surface area contributed by atoms with E-state index in [4.69, 9.17) is 10.00 Å². The molecule has 11 heteroatoms. The zero-order valence-electron chi connectivity index (χ0n) is 15.6. The number of halogens is 1. The molecule has 2 N–H and O–H groups in total. The number of aromatic amines is 2. The number of nitrogens with zero attached hydrogens (tertiary/aromatic N) is 4. The molecule has 0 radical (unpaired) electrons. The molecule has 3 rings (SSSR count). The monoisotopic (exact) mass is 398 g/mol. The van der Waals surface area contributed by atoms with Crippen LogP contribution in [0.1, 0.15) is 32.0 Å². The van der Waals surface area contributed by atoms with Crippen LogP contribution in [0.3, 0.4) is 0 Å². The van der Waals surface area contributed by atoms with Crippen LogP contribution in [0.25, 0.3) is 5.69 Å². The van der Waals surface area contributed by atoms with E-state index in [9.17, 15) is 18.8 Å². The van der Waals surface area contributed by atoms with Crippen LogP contribution < -0.4 is 21.5 Å². The summed E-state index contributed by atoms with van der Waals surface area (Å²) in [6, 6.07) is 6.43. The van der Waals surface area contributed by atoms with E-state index in [-0.39, 0.29) is 22.9 Å². The predicted molar refractivity (Wildman–Crippen MR) is 98.8 cm³/mol. The Bertz CT molecular complexity index is 1310. The highest BCUT2D eigenvalue weighted by Gasteiger charge is 2.20. The smallest absolute Gasteiger partial charge is 0.349 e. The van der Waals surface area contributed by atoms with E-state index in [1.807, 2.05) is 25.8 Å². The largest absolute Gasteiger partial charge is 0.435 e. The second-order valence-corrected chi connectivity index (χ2v) is 7.05. The van der Waals surface area contributed by atoms with Crippen molar-refractivity contribution in [3.63, 3.8) is 0 Å². The molecule has 0 aliphatic heterocycles. The fourth-order valence-corrected chi connectivity index (χ4v) is 2.46. The van der Waals surface area contributed by atoms with E-state index in [2.05, 4.69) is 15.3 Å². The minimum Gasteiger partial charge on any atom is -0.435 e. The number of aromatic nitrogens is 5. The van der Waals surface area contributed by atoms with Crippen molar-refractivity contribution in [2.75, 3.05) is 0 Å². The summed E-state index contributed by atoms with van der Waals surface area (Å²) in [5, 5.41) is 18.5. The second kappa shape index (κ2) is 7.16. The molecule has 0 bridgehead atoms. The maximum Gasteiger partial charge on any atom is 0.349 e. The van der Waals surface area contributed by atoms with Crippen LogP contribution in [0.4, 0.5) is 4.39 Å². The van der Waals surface area contributed by atoms with E-state index < -0.39 is 28.2 Å². The van der Waals surface area contributed by atoms with Gasteiger partial charge in [0.2, 0.25) is 11.6 Å². The number of H-pyrrole nitrogens is 2. The summed E-state index contributed by atoms with van der Waals surface area (Å²) < 4.78 is 20.6. The molecule has 29 heavy (non-hydrogen) atoms. The Morgan fingerprint density at radius 1 is 1.17 bits per heavy atom. The van der Waals surface area contributed by atoms with E-state index in [1.54, 1.807) is 6.07 Å². The maximum atomic E-state index is 14.5. The highest BCUT2D eigenvalue weighted by Crippen LogP contribution is 2.26. The van der Waals surface area contributed by atoms with Gasteiger partial charge >= 0.3 is 5.69 Å². The Morgan fingerprint density at radius 3 is 2.52 bits per heavy atom. The van der Waals surface area contributed by atoms with Crippen molar-refractivity contribution in [3.05, 3.63) is 72.5 Å². The fraction of sp³-hybridized carbons (Fsp3) is 0.222. The molecule has 3 aromatic rings. The molecule has 0 saturated heterocycles. The van der Waals surface area contributed by atoms with Crippen LogP contribution in [-0.4, -0.2) is 25.0 Å². The third-order valence-electron chi connectivity index (χ3n) is 3.90. The van der Waals surface area contributed by atoms with Gasteiger partial charge in [-0.25, -0.2) is 14.3 Å². The maximum absolute atomic E-state index is 14.5. The van der Waals surface area contributed by atoms with E-state index in [0.29, 0.717) is 10.2 Å². The van der Waals surface area contributed by atoms with E-state index in [0.717, 1.165) is 6.07 Å². The van der Waals surface area contributed by atoms with Gasteiger partial charge in [-0.1, -0.05) is 20.8 Å². The lowest BCUT2D eigenvalue weighted by Gasteiger charge is -2.17. The molecular formula is C18H15FN6O4. The highest BCUT2D eigenvalue weighted by molar-refractivity contribution is 5.40. The SMILES string of the molecule is CC(C)(C)c1cc(Oc2ccc(-n3nc(C#N)c(=O)[nH]c3=O)cc2F)n[nH]c1=O. The minimum absolute atomic E-state index is 0.0210. The first-order chi connectivity index (χ1) is 13.6. The molecule has 0 atom stereocenters. The number of hydrogen-bond donors (Lipinski definition) is 2. The lowest BCUT2D eigenvalue weighted by Crippen LogP contribution is -2.33. The topological polar surface area (TPSA) is 147 Å². The summed E-state index contributed by atoms with van der Waals surface area (Å²) in [6.07, 6.45) is 0. The third-order valence-corrected chi connectivity index (χ3v) is 3.90. The van der Waals surface area contributed by atoms with E-state index in [1.165, 1.54) is 18.2 Å². The van der Waals surface area contributed by atoms with Crippen molar-refractivity contribution in [3.8, 4) is 23.4 Å². The van der Waals surface area contributed by atoms with Gasteiger partial charge in [-0.15, -0.1) is 10.2 Å². The number of rotatable bonds is 3. The Kier molecular flexibility index (Phi) is 4.86. The minimum atomic E-state index is -0.937. The Hall–Kier alpha value is -4.07. The van der Waals surface area contributed by atoms with Gasteiger partial charge in [0, 0.05) is 17.7 Å². The van der Waals surface area contributed by atoms with Gasteiger partial charge in [0.1, 0.15) is 6.07 Å². The molecule has 148 valence electrons. The van der Waals surface area contributed by atoms with Gasteiger partial charge in [-0.3, -0.25) is 14.6 Å². The van der Waals surface area contributed by atoms with Gasteiger partial charge in [0.05, 0.1) is 5.69 Å². The number of hydrogen-bond acceptors (Lipinski definition) is 7. The van der Waals surface area contributed by atoms with Crippen LogP contribution in [0, 0.1) is 17.1 Å². The van der Waals surface area contributed by atoms with Gasteiger partial charge in [0.25, 0.3) is 11.1 Å². The van der Waals surface area contributed by atoms with Gasteiger partial charge < -0.3 is 4.74 Å². The van der Waals surface area contributed by atoms with Gasteiger partial charge in [0.15, 0.2) is 11.6 Å². The van der Waals surface area contributed by atoms with Crippen molar-refractivity contribution in [2.45, 2.75) is 26.2 Å².